The molecule has 2 aromatic rings. The minimum atomic E-state index is -5.42. The smallest absolute Gasteiger partial charge is 0.435 e. The number of rotatable bonds is 8. The zero-order valence-corrected chi connectivity index (χ0v) is 23.2. The van der Waals surface area contributed by atoms with Crippen molar-refractivity contribution in [3.05, 3.63) is 48.8 Å². The van der Waals surface area contributed by atoms with E-state index in [0.29, 0.717) is 4.57 Å². The number of anilines is 2. The number of carbonyl (C=O) groups is 1. The molecule has 2 rings (SSSR count). The van der Waals surface area contributed by atoms with Gasteiger partial charge in [0.15, 0.2) is 5.69 Å². The summed E-state index contributed by atoms with van der Waals surface area (Å²) in [6.07, 6.45) is -18.5. The zero-order valence-electron chi connectivity index (χ0n) is 20.9. The van der Waals surface area contributed by atoms with Gasteiger partial charge in [-0.2, -0.15) is 39.5 Å². The summed E-state index contributed by atoms with van der Waals surface area (Å²) in [6.45, 7) is 4.27. The summed E-state index contributed by atoms with van der Waals surface area (Å²) in [5, 5.41) is -1.42. The van der Waals surface area contributed by atoms with Gasteiger partial charge in [-0.15, -0.1) is 0 Å². The van der Waals surface area contributed by atoms with Crippen LogP contribution in [0, 0.1) is 0 Å². The normalized spacial score (nSPS) is 13.5. The monoisotopic (exact) mass is 675 g/mol. The summed E-state index contributed by atoms with van der Waals surface area (Å²) in [6, 6.07) is -1.24. The SMILES string of the molecule is CCOC(=O)C(OCC)N(c1cc(C(F)(F)F)cc(C(F)(F)F)c1Br)c1nc(C(F)(F)F)c(Cl)c(=O)n1C(C)C. The predicted octanol–water partition coefficient (Wildman–Crippen LogP) is 7.36. The van der Waals surface area contributed by atoms with Crippen molar-refractivity contribution in [3.63, 3.8) is 0 Å². The molecule has 18 heteroatoms. The molecule has 1 aromatic carbocycles. The van der Waals surface area contributed by atoms with Crippen molar-refractivity contribution in [1.29, 1.82) is 0 Å². The molecular weight excluding hydrogens is 657 g/mol. The number of hydrogen-bond acceptors (Lipinski definition) is 6. The average molecular weight is 677 g/mol. The second-order valence-corrected chi connectivity index (χ2v) is 9.29. The lowest BCUT2D eigenvalue weighted by Crippen LogP contribution is -2.45. The highest BCUT2D eigenvalue weighted by atomic mass is 79.9. The van der Waals surface area contributed by atoms with E-state index >= 15 is 0 Å². The molecule has 40 heavy (non-hydrogen) atoms. The number of benzene rings is 1. The number of esters is 1. The number of aromatic nitrogens is 2. The average Bonchev–Trinajstić information content (AvgIpc) is 2.79. The Morgan fingerprint density at radius 3 is 2.02 bits per heavy atom. The molecule has 0 saturated carbocycles. The van der Waals surface area contributed by atoms with Crippen LogP contribution < -0.4 is 10.5 Å². The first kappa shape index (κ1) is 33.7. The highest BCUT2D eigenvalue weighted by Gasteiger charge is 2.44. The maximum absolute atomic E-state index is 13.9. The molecule has 7 nitrogen and oxygen atoms in total. The van der Waals surface area contributed by atoms with Gasteiger partial charge < -0.3 is 9.47 Å². The molecule has 0 aliphatic rings. The van der Waals surface area contributed by atoms with E-state index in [2.05, 4.69) is 20.9 Å². The molecule has 0 aliphatic heterocycles. The van der Waals surface area contributed by atoms with Crippen LogP contribution in [-0.4, -0.2) is 35.0 Å². The van der Waals surface area contributed by atoms with Gasteiger partial charge in [0.2, 0.25) is 12.2 Å². The van der Waals surface area contributed by atoms with E-state index in [-0.39, 0.29) is 23.6 Å². The Labute approximate surface area is 233 Å². The molecule has 0 amide bonds. The van der Waals surface area contributed by atoms with Crippen LogP contribution in [0.2, 0.25) is 5.02 Å². The molecule has 1 atom stereocenters. The third kappa shape index (κ3) is 7.02. The summed E-state index contributed by atoms with van der Waals surface area (Å²) in [4.78, 5) is 29.4. The first-order valence-electron chi connectivity index (χ1n) is 11.1. The Morgan fingerprint density at radius 2 is 1.60 bits per heavy atom. The van der Waals surface area contributed by atoms with E-state index in [1.807, 2.05) is 0 Å². The standard InChI is InChI=1S/C22H20BrClF9N3O4/c1-5-39-17(18(38)40-6-2)36(12-8-10(20(25,26)27)7-11(13(12)23)21(28,29)30)19-34-15(22(31,32)33)14(24)16(37)35(19)9(3)4/h7-9,17H,5-6H2,1-4H3. The topological polar surface area (TPSA) is 73.7 Å². The maximum Gasteiger partial charge on any atom is 0.435 e. The predicted molar refractivity (Wildman–Crippen MR) is 127 cm³/mol. The van der Waals surface area contributed by atoms with Crippen LogP contribution in [0.4, 0.5) is 51.1 Å². The Hall–Kier alpha value is -2.53. The van der Waals surface area contributed by atoms with Gasteiger partial charge in [0, 0.05) is 12.6 Å². The number of nitrogens with zero attached hydrogens (tertiary/aromatic N) is 3. The van der Waals surface area contributed by atoms with E-state index in [4.69, 9.17) is 21.1 Å². The number of alkyl halides is 9. The fourth-order valence-electron chi connectivity index (χ4n) is 3.44. The fourth-order valence-corrected chi connectivity index (χ4v) is 4.32. The summed E-state index contributed by atoms with van der Waals surface area (Å²) in [5.41, 5.74) is -8.49. The largest absolute Gasteiger partial charge is 0.463 e. The molecule has 0 aliphatic carbocycles. The van der Waals surface area contributed by atoms with Gasteiger partial charge in [-0.1, -0.05) is 11.6 Å². The van der Waals surface area contributed by atoms with E-state index in [1.165, 1.54) is 27.7 Å². The van der Waals surface area contributed by atoms with E-state index < -0.39 is 86.9 Å². The van der Waals surface area contributed by atoms with Crippen molar-refractivity contribution in [2.75, 3.05) is 18.1 Å². The van der Waals surface area contributed by atoms with Crippen LogP contribution in [0.25, 0.3) is 0 Å². The minimum absolute atomic E-state index is 0.128. The molecule has 224 valence electrons. The van der Waals surface area contributed by atoms with Gasteiger partial charge in [-0.3, -0.25) is 14.3 Å². The highest BCUT2D eigenvalue weighted by molar-refractivity contribution is 9.10. The Kier molecular flexibility index (Phi) is 10.2. The van der Waals surface area contributed by atoms with E-state index in [9.17, 15) is 49.1 Å². The first-order chi connectivity index (χ1) is 18.2. The lowest BCUT2D eigenvalue weighted by molar-refractivity contribution is -0.155. The van der Waals surface area contributed by atoms with Gasteiger partial charge in [0.25, 0.3) is 5.56 Å². The molecule has 1 aromatic heterocycles. The molecule has 0 spiro atoms. The van der Waals surface area contributed by atoms with Crippen molar-refractivity contribution < 1.29 is 53.8 Å². The van der Waals surface area contributed by atoms with Crippen LogP contribution >= 0.6 is 27.5 Å². The molecule has 0 bridgehead atoms. The molecule has 0 saturated heterocycles. The van der Waals surface area contributed by atoms with Crippen molar-refractivity contribution in [3.8, 4) is 0 Å². The third-order valence-corrected chi connectivity index (χ3v) is 6.21. The summed E-state index contributed by atoms with van der Waals surface area (Å²) >= 11 is 8.22. The number of hydrogen-bond donors (Lipinski definition) is 0. The second kappa shape index (κ2) is 12.1. The van der Waals surface area contributed by atoms with Gasteiger partial charge in [-0.05, 0) is 55.8 Å². The van der Waals surface area contributed by atoms with Crippen LogP contribution in [0.3, 0.4) is 0 Å². The minimum Gasteiger partial charge on any atom is -0.463 e. The van der Waals surface area contributed by atoms with Crippen LogP contribution in [-0.2, 0) is 32.8 Å². The van der Waals surface area contributed by atoms with Crippen molar-refractivity contribution >= 4 is 45.1 Å². The lowest BCUT2D eigenvalue weighted by atomic mass is 10.1. The number of ether oxygens (including phenoxy) is 2. The molecule has 0 fully saturated rings. The molecule has 1 unspecified atom stereocenters. The molecule has 0 N–H and O–H groups in total. The van der Waals surface area contributed by atoms with Gasteiger partial charge in [-0.25, -0.2) is 9.78 Å². The Bertz CT molecular complexity index is 1310. The van der Waals surface area contributed by atoms with Crippen molar-refractivity contribution in [1.82, 2.24) is 9.55 Å². The van der Waals surface area contributed by atoms with Crippen LogP contribution in [0.1, 0.15) is 50.6 Å². The number of carbonyl (C=O) groups excluding carboxylic acids is 1. The summed E-state index contributed by atoms with van der Waals surface area (Å²) in [7, 11) is 0. The summed E-state index contributed by atoms with van der Waals surface area (Å²) < 4.78 is 134. The van der Waals surface area contributed by atoms with Crippen LogP contribution in [0.15, 0.2) is 21.4 Å². The second-order valence-electron chi connectivity index (χ2n) is 8.12. The van der Waals surface area contributed by atoms with Crippen molar-refractivity contribution in [2.45, 2.75) is 58.5 Å². The summed E-state index contributed by atoms with van der Waals surface area (Å²) in [5.74, 6) is -2.62. The molecular formula is C22H20BrClF9N3O4. The highest BCUT2D eigenvalue weighted by Crippen LogP contribution is 2.46. The fraction of sp³-hybridized carbons (Fsp3) is 0.500. The molecule has 1 heterocycles. The van der Waals surface area contributed by atoms with Gasteiger partial charge in [0.05, 0.1) is 27.9 Å². The first-order valence-corrected chi connectivity index (χ1v) is 12.3. The Morgan fingerprint density at radius 1 is 1.02 bits per heavy atom. The number of halogens is 11. The zero-order chi connectivity index (χ0) is 31.0. The van der Waals surface area contributed by atoms with Gasteiger partial charge >= 0.3 is 24.5 Å². The maximum atomic E-state index is 13.9. The lowest BCUT2D eigenvalue weighted by Gasteiger charge is -2.35. The Balaban J connectivity index is 3.27. The third-order valence-electron chi connectivity index (χ3n) is 5.04. The van der Waals surface area contributed by atoms with E-state index in [1.54, 1.807) is 0 Å². The van der Waals surface area contributed by atoms with Crippen LogP contribution in [0.5, 0.6) is 0 Å². The van der Waals surface area contributed by atoms with Gasteiger partial charge in [0.1, 0.15) is 5.02 Å². The van der Waals surface area contributed by atoms with E-state index in [0.717, 1.165) is 0 Å². The van der Waals surface area contributed by atoms with Crippen molar-refractivity contribution in [2.24, 2.45) is 0 Å². The quantitative estimate of drug-likeness (QED) is 0.165. The molecule has 0 radical (unpaired) electrons.